The minimum atomic E-state index is -0.342. The fourth-order valence-corrected chi connectivity index (χ4v) is 4.31. The van der Waals surface area contributed by atoms with Gasteiger partial charge in [-0.2, -0.15) is 10.2 Å². The Bertz CT molecular complexity index is 1580. The zero-order valence-electron chi connectivity index (χ0n) is 19.6. The Morgan fingerprint density at radius 2 is 1.89 bits per heavy atom. The average molecular weight is 510 g/mol. The number of urea groups is 1. The summed E-state index contributed by atoms with van der Waals surface area (Å²) in [7, 11) is 1.60. The molecule has 0 atom stereocenters. The van der Waals surface area contributed by atoms with Gasteiger partial charge < -0.3 is 11.1 Å². The van der Waals surface area contributed by atoms with E-state index in [2.05, 4.69) is 21.4 Å². The summed E-state index contributed by atoms with van der Waals surface area (Å²) in [6.45, 7) is 0.197. The molecule has 0 spiro atoms. The lowest BCUT2D eigenvalue weighted by molar-refractivity contribution is 0.102. The molecule has 10 heteroatoms. The van der Waals surface area contributed by atoms with Crippen molar-refractivity contribution in [3.8, 4) is 17.2 Å². The van der Waals surface area contributed by atoms with Gasteiger partial charge in [-0.3, -0.25) is 14.6 Å². The molecular formula is C27H20ClN7O2. The minimum Gasteiger partial charge on any atom is -0.368 e. The van der Waals surface area contributed by atoms with Gasteiger partial charge in [0.25, 0.3) is 5.91 Å². The molecule has 0 bridgehead atoms. The van der Waals surface area contributed by atoms with Crippen LogP contribution >= 0.6 is 11.6 Å². The van der Waals surface area contributed by atoms with Crippen molar-refractivity contribution in [3.63, 3.8) is 0 Å². The van der Waals surface area contributed by atoms with Gasteiger partial charge in [0.1, 0.15) is 5.82 Å². The number of rotatable bonds is 4. The highest BCUT2D eigenvalue weighted by Crippen LogP contribution is 2.35. The number of aromatic nitrogens is 2. The molecule has 2 heterocycles. The smallest absolute Gasteiger partial charge is 0.330 e. The Morgan fingerprint density at radius 1 is 1.11 bits per heavy atom. The lowest BCUT2D eigenvalue weighted by atomic mass is 10.0. The SMILES string of the molecule is CN1C(=O)N(c2cc(NC(=O)c3cccc(-c4ccc(C#N)cc4)c3)ccc2Cl)Cc2cnc(N)nc21. The number of hydrogen-bond acceptors (Lipinski definition) is 6. The molecule has 0 saturated carbocycles. The maximum atomic E-state index is 13.1. The number of carbonyl (C=O) groups excluding carboxylic acids is 2. The van der Waals surface area contributed by atoms with Gasteiger partial charge >= 0.3 is 6.03 Å². The first-order valence-electron chi connectivity index (χ1n) is 11.2. The van der Waals surface area contributed by atoms with Crippen molar-refractivity contribution in [3.05, 3.63) is 94.6 Å². The molecule has 4 aromatic rings. The molecule has 9 nitrogen and oxygen atoms in total. The van der Waals surface area contributed by atoms with Gasteiger partial charge in [0.15, 0.2) is 0 Å². The van der Waals surface area contributed by atoms with Crippen LogP contribution < -0.4 is 20.9 Å². The fraction of sp³-hybridized carbons (Fsp3) is 0.0741. The van der Waals surface area contributed by atoms with Crippen LogP contribution in [0.3, 0.4) is 0 Å². The second kappa shape index (κ2) is 9.60. The first-order chi connectivity index (χ1) is 17.8. The number of carbonyl (C=O) groups is 2. The van der Waals surface area contributed by atoms with Gasteiger partial charge in [0, 0.05) is 30.1 Å². The molecule has 182 valence electrons. The number of nitrogens with one attached hydrogen (secondary N) is 1. The van der Waals surface area contributed by atoms with E-state index in [-0.39, 0.29) is 24.4 Å². The van der Waals surface area contributed by atoms with E-state index in [1.165, 1.54) is 9.80 Å². The van der Waals surface area contributed by atoms with Crippen molar-refractivity contribution in [1.82, 2.24) is 9.97 Å². The molecule has 3 amide bonds. The number of nitrogens with zero attached hydrogens (tertiary/aromatic N) is 5. The van der Waals surface area contributed by atoms with Crippen LogP contribution in [0.1, 0.15) is 21.5 Å². The summed E-state index contributed by atoms with van der Waals surface area (Å²) in [6, 6.07) is 21.0. The van der Waals surface area contributed by atoms with Gasteiger partial charge in [-0.25, -0.2) is 9.78 Å². The fourth-order valence-electron chi connectivity index (χ4n) is 4.09. The van der Waals surface area contributed by atoms with E-state index in [1.807, 2.05) is 18.2 Å². The van der Waals surface area contributed by atoms with Crippen LogP contribution in [0.4, 0.5) is 27.9 Å². The number of hydrogen-bond donors (Lipinski definition) is 2. The monoisotopic (exact) mass is 509 g/mol. The van der Waals surface area contributed by atoms with Crippen LogP contribution in [0.2, 0.25) is 5.02 Å². The summed E-state index contributed by atoms with van der Waals surface area (Å²) in [4.78, 5) is 37.3. The van der Waals surface area contributed by atoms with Crippen molar-refractivity contribution >= 4 is 46.7 Å². The van der Waals surface area contributed by atoms with Gasteiger partial charge in [-0.15, -0.1) is 0 Å². The summed E-state index contributed by atoms with van der Waals surface area (Å²) < 4.78 is 0. The van der Waals surface area contributed by atoms with Crippen molar-refractivity contribution in [1.29, 1.82) is 5.26 Å². The first-order valence-corrected chi connectivity index (χ1v) is 11.6. The Morgan fingerprint density at radius 3 is 2.65 bits per heavy atom. The number of nitrogens with two attached hydrogens (primary N) is 1. The summed E-state index contributed by atoms with van der Waals surface area (Å²) in [6.07, 6.45) is 1.58. The normalized spacial score (nSPS) is 12.6. The summed E-state index contributed by atoms with van der Waals surface area (Å²) >= 11 is 6.46. The van der Waals surface area contributed by atoms with E-state index >= 15 is 0 Å². The maximum Gasteiger partial charge on any atom is 0.330 e. The van der Waals surface area contributed by atoms with Crippen LogP contribution in [0.15, 0.2) is 72.9 Å². The molecule has 0 saturated heterocycles. The van der Waals surface area contributed by atoms with Crippen molar-refractivity contribution in [2.45, 2.75) is 6.54 Å². The third kappa shape index (κ3) is 4.66. The third-order valence-electron chi connectivity index (χ3n) is 5.99. The Hall–Kier alpha value is -4.94. The third-order valence-corrected chi connectivity index (χ3v) is 6.31. The Kier molecular flexibility index (Phi) is 6.17. The largest absolute Gasteiger partial charge is 0.368 e. The number of nitriles is 1. The van der Waals surface area contributed by atoms with Gasteiger partial charge in [0.2, 0.25) is 5.95 Å². The highest BCUT2D eigenvalue weighted by atomic mass is 35.5. The van der Waals surface area contributed by atoms with Crippen LogP contribution in [-0.4, -0.2) is 29.0 Å². The van der Waals surface area contributed by atoms with Gasteiger partial charge in [-0.1, -0.05) is 35.9 Å². The molecule has 1 aliphatic rings. The summed E-state index contributed by atoms with van der Waals surface area (Å²) in [5.41, 5.74) is 10.1. The van der Waals surface area contributed by atoms with Crippen molar-refractivity contribution in [2.24, 2.45) is 0 Å². The highest BCUT2D eigenvalue weighted by Gasteiger charge is 2.31. The van der Waals surface area contributed by atoms with Crippen LogP contribution in [0.5, 0.6) is 0 Å². The summed E-state index contributed by atoms with van der Waals surface area (Å²) in [5, 5.41) is 12.2. The number of benzene rings is 3. The van der Waals surface area contributed by atoms with Crippen molar-refractivity contribution in [2.75, 3.05) is 27.9 Å². The molecule has 1 aromatic heterocycles. The van der Waals surface area contributed by atoms with Crippen LogP contribution in [-0.2, 0) is 6.54 Å². The second-order valence-corrected chi connectivity index (χ2v) is 8.80. The zero-order chi connectivity index (χ0) is 26.1. The summed E-state index contributed by atoms with van der Waals surface area (Å²) in [5.74, 6) is 0.203. The lowest BCUT2D eigenvalue weighted by Crippen LogP contribution is -2.46. The van der Waals surface area contributed by atoms with Gasteiger partial charge in [-0.05, 0) is 53.6 Å². The standard InChI is InChI=1S/C27H20ClN7O2/c1-34-24-20(14-31-26(30)33-24)15-35(27(34)37)23-12-21(9-10-22(23)28)32-25(36)19-4-2-3-18(11-19)17-7-5-16(13-29)6-8-17/h2-12,14H,15H2,1H3,(H,32,36)(H2,30,31,33). The average Bonchev–Trinajstić information content (AvgIpc) is 2.92. The molecule has 37 heavy (non-hydrogen) atoms. The molecule has 0 fully saturated rings. The maximum absolute atomic E-state index is 13.1. The van der Waals surface area contributed by atoms with Gasteiger partial charge in [0.05, 0.1) is 28.9 Å². The molecular weight excluding hydrogens is 490 g/mol. The molecule has 5 rings (SSSR count). The number of nitrogen functional groups attached to an aromatic ring is 1. The zero-order valence-corrected chi connectivity index (χ0v) is 20.4. The minimum absolute atomic E-state index is 0.0813. The molecule has 0 unspecified atom stereocenters. The predicted molar refractivity (Wildman–Crippen MR) is 142 cm³/mol. The van der Waals surface area contributed by atoms with E-state index in [0.717, 1.165) is 11.1 Å². The number of amides is 3. The van der Waals surface area contributed by atoms with E-state index in [1.54, 1.807) is 61.8 Å². The number of anilines is 4. The highest BCUT2D eigenvalue weighted by molar-refractivity contribution is 6.34. The Balaban J connectivity index is 1.39. The molecule has 0 radical (unpaired) electrons. The molecule has 3 N–H and O–H groups in total. The first kappa shape index (κ1) is 23.8. The lowest BCUT2D eigenvalue weighted by Gasteiger charge is -2.34. The van der Waals surface area contributed by atoms with Crippen molar-refractivity contribution < 1.29 is 9.59 Å². The molecule has 0 aliphatic carbocycles. The molecule has 1 aliphatic heterocycles. The van der Waals surface area contributed by atoms with E-state index in [9.17, 15) is 9.59 Å². The van der Waals surface area contributed by atoms with E-state index in [0.29, 0.717) is 38.9 Å². The quantitative estimate of drug-likeness (QED) is 0.395. The number of fused-ring (bicyclic) bond motifs is 1. The predicted octanol–water partition coefficient (Wildman–Crippen LogP) is 5.08. The van der Waals surface area contributed by atoms with E-state index < -0.39 is 0 Å². The Labute approximate surface area is 217 Å². The van der Waals surface area contributed by atoms with Crippen LogP contribution in [0, 0.1) is 11.3 Å². The second-order valence-electron chi connectivity index (χ2n) is 8.40. The molecule has 3 aromatic carbocycles. The number of halogens is 1. The van der Waals surface area contributed by atoms with Crippen LogP contribution in [0.25, 0.3) is 11.1 Å². The van der Waals surface area contributed by atoms with E-state index in [4.69, 9.17) is 22.6 Å². The topological polar surface area (TPSA) is 128 Å².